The fraction of sp³-hybridized carbons (Fsp3) is 0.571. The molecule has 0 aromatic rings. The van der Waals surface area contributed by atoms with Gasteiger partial charge < -0.3 is 4.55 Å². The van der Waals surface area contributed by atoms with E-state index in [0.29, 0.717) is 11.3 Å². The zero-order valence-corrected chi connectivity index (χ0v) is 11.9. The molecule has 0 amide bonds. The second kappa shape index (κ2) is 7.90. The van der Waals surface area contributed by atoms with Crippen molar-refractivity contribution in [3.8, 4) is 0 Å². The molecule has 0 aromatic carbocycles. The summed E-state index contributed by atoms with van der Waals surface area (Å²) in [5.41, 5.74) is 0.426. The van der Waals surface area contributed by atoms with Crippen molar-refractivity contribution in [3.63, 3.8) is 0 Å². The monoisotopic (exact) mass is 246 g/mol. The summed E-state index contributed by atoms with van der Waals surface area (Å²) < 4.78 is 30.4. The largest absolute Gasteiger partial charge is 1.00 e. The molecule has 0 bridgehead atoms. The van der Waals surface area contributed by atoms with E-state index in [4.69, 9.17) is 0 Å². The molecule has 14 heavy (non-hydrogen) atoms. The fourth-order valence-corrected chi connectivity index (χ4v) is 1.92. The zero-order valence-electron chi connectivity index (χ0n) is 8.28. The molecular formula is C7H11NaO4S2. The minimum absolute atomic E-state index is 0. The summed E-state index contributed by atoms with van der Waals surface area (Å²) in [6.07, 6.45) is 0.204. The number of carbonyl (C=O) groups is 1. The van der Waals surface area contributed by atoms with Crippen molar-refractivity contribution in [2.75, 3.05) is 11.5 Å². The second-order valence-corrected chi connectivity index (χ2v) is 5.12. The quantitative estimate of drug-likeness (QED) is 0.237. The topological polar surface area (TPSA) is 74.3 Å². The predicted octanol–water partition coefficient (Wildman–Crippen LogP) is -2.24. The van der Waals surface area contributed by atoms with E-state index < -0.39 is 15.9 Å². The van der Waals surface area contributed by atoms with E-state index in [1.807, 2.05) is 0 Å². The van der Waals surface area contributed by atoms with Gasteiger partial charge in [-0.05, 0) is 18.9 Å². The van der Waals surface area contributed by atoms with Gasteiger partial charge in [-0.3, -0.25) is 4.79 Å². The van der Waals surface area contributed by atoms with Crippen LogP contribution < -0.4 is 29.6 Å². The van der Waals surface area contributed by atoms with Gasteiger partial charge >= 0.3 is 29.6 Å². The Hall–Kier alpha value is 0.670. The van der Waals surface area contributed by atoms with Crippen LogP contribution in [0.2, 0.25) is 0 Å². The van der Waals surface area contributed by atoms with Crippen LogP contribution in [0, 0.1) is 0 Å². The molecule has 0 saturated carbocycles. The van der Waals surface area contributed by atoms with Gasteiger partial charge in [0.1, 0.15) is 0 Å². The third-order valence-corrected chi connectivity index (χ3v) is 3.01. The SMILES string of the molecule is C=C(C)C(=O)SCCCS(=O)(=O)[O-].[Na+]. The van der Waals surface area contributed by atoms with Crippen LogP contribution in [0.4, 0.5) is 0 Å². The molecule has 0 N–H and O–H groups in total. The van der Waals surface area contributed by atoms with Crippen LogP contribution in [0.1, 0.15) is 13.3 Å². The molecule has 7 heteroatoms. The molecule has 76 valence electrons. The minimum Gasteiger partial charge on any atom is -0.748 e. The molecule has 0 aliphatic carbocycles. The second-order valence-electron chi connectivity index (χ2n) is 2.53. The third-order valence-electron chi connectivity index (χ3n) is 1.12. The number of hydrogen-bond acceptors (Lipinski definition) is 5. The van der Waals surface area contributed by atoms with Gasteiger partial charge in [-0.1, -0.05) is 18.3 Å². The van der Waals surface area contributed by atoms with E-state index in [1.165, 1.54) is 0 Å². The maximum absolute atomic E-state index is 10.9. The van der Waals surface area contributed by atoms with Gasteiger partial charge in [-0.15, -0.1) is 0 Å². The van der Waals surface area contributed by atoms with Crippen molar-refractivity contribution in [1.29, 1.82) is 0 Å². The number of thioether (sulfide) groups is 1. The molecule has 0 unspecified atom stereocenters. The summed E-state index contributed by atoms with van der Waals surface area (Å²) in [5, 5.41) is -0.164. The maximum Gasteiger partial charge on any atom is 1.00 e. The van der Waals surface area contributed by atoms with E-state index in [1.54, 1.807) is 6.92 Å². The summed E-state index contributed by atoms with van der Waals surface area (Å²) in [6, 6.07) is 0. The first kappa shape index (κ1) is 17.1. The van der Waals surface area contributed by atoms with E-state index in [2.05, 4.69) is 6.58 Å². The molecule has 0 aliphatic heterocycles. The molecule has 0 rings (SSSR count). The smallest absolute Gasteiger partial charge is 0.748 e. The van der Waals surface area contributed by atoms with Gasteiger partial charge in [0, 0.05) is 11.5 Å². The van der Waals surface area contributed by atoms with Crippen LogP contribution in [0.25, 0.3) is 0 Å². The van der Waals surface area contributed by atoms with Gasteiger partial charge in [0.15, 0.2) is 0 Å². The predicted molar refractivity (Wildman–Crippen MR) is 51.5 cm³/mol. The standard InChI is InChI=1S/C7H12O4S2.Na/c1-6(2)7(8)12-4-3-5-13(9,10)11;/h1,3-5H2,2H3,(H,9,10,11);/q;+1/p-1. The third kappa shape index (κ3) is 10.7. The van der Waals surface area contributed by atoms with E-state index in [9.17, 15) is 17.8 Å². The molecule has 0 saturated heterocycles. The van der Waals surface area contributed by atoms with Crippen LogP contribution in [0.15, 0.2) is 12.2 Å². The van der Waals surface area contributed by atoms with Crippen molar-refractivity contribution in [2.24, 2.45) is 0 Å². The van der Waals surface area contributed by atoms with Gasteiger partial charge in [0.25, 0.3) is 0 Å². The van der Waals surface area contributed by atoms with Crippen molar-refractivity contribution in [1.82, 2.24) is 0 Å². The molecule has 0 heterocycles. The number of carbonyl (C=O) groups excluding carboxylic acids is 1. The van der Waals surface area contributed by atoms with E-state index >= 15 is 0 Å². The van der Waals surface area contributed by atoms with Crippen LogP contribution in [-0.2, 0) is 14.9 Å². The zero-order chi connectivity index (χ0) is 10.5. The molecule has 4 nitrogen and oxygen atoms in total. The molecule has 0 spiro atoms. The summed E-state index contributed by atoms with van der Waals surface area (Å²) in [6.45, 7) is 5.02. The Labute approximate surface area is 111 Å². The van der Waals surface area contributed by atoms with Crippen LogP contribution >= 0.6 is 11.8 Å². The van der Waals surface area contributed by atoms with E-state index in [0.717, 1.165) is 11.8 Å². The maximum atomic E-state index is 10.9. The van der Waals surface area contributed by atoms with Gasteiger partial charge in [-0.25, -0.2) is 8.42 Å². The molecule has 0 aromatic heterocycles. The molecule has 0 fully saturated rings. The van der Waals surface area contributed by atoms with Crippen LogP contribution in [0.5, 0.6) is 0 Å². The van der Waals surface area contributed by atoms with Crippen LogP contribution in [0.3, 0.4) is 0 Å². The first-order chi connectivity index (χ1) is 5.83. The Morgan fingerprint density at radius 3 is 2.36 bits per heavy atom. The summed E-state index contributed by atoms with van der Waals surface area (Å²) in [4.78, 5) is 10.9. The van der Waals surface area contributed by atoms with Crippen molar-refractivity contribution in [2.45, 2.75) is 13.3 Å². The van der Waals surface area contributed by atoms with Crippen LogP contribution in [-0.4, -0.2) is 29.6 Å². The Morgan fingerprint density at radius 2 is 2.00 bits per heavy atom. The molecule has 0 atom stereocenters. The normalized spacial score (nSPS) is 10.4. The summed E-state index contributed by atoms with van der Waals surface area (Å²) in [5.74, 6) is -0.0728. The Morgan fingerprint density at radius 1 is 1.50 bits per heavy atom. The average molecular weight is 246 g/mol. The fourth-order valence-electron chi connectivity index (χ4n) is 0.524. The Balaban J connectivity index is 0. The van der Waals surface area contributed by atoms with Crippen molar-refractivity contribution < 1.29 is 47.3 Å². The van der Waals surface area contributed by atoms with Gasteiger partial charge in [0.2, 0.25) is 5.12 Å². The summed E-state index contributed by atoms with van der Waals surface area (Å²) in [7, 11) is -4.14. The minimum atomic E-state index is -4.14. The Kier molecular flexibility index (Phi) is 9.63. The first-order valence-corrected chi connectivity index (χ1v) is 6.15. The van der Waals surface area contributed by atoms with Crippen molar-refractivity contribution in [3.05, 3.63) is 12.2 Å². The molecule has 0 aliphatic rings. The number of rotatable bonds is 5. The van der Waals surface area contributed by atoms with Gasteiger partial charge in [-0.2, -0.15) is 0 Å². The average Bonchev–Trinajstić information content (AvgIpc) is 1.95. The molecule has 0 radical (unpaired) electrons. The van der Waals surface area contributed by atoms with Gasteiger partial charge in [0.05, 0.1) is 10.1 Å². The number of hydrogen-bond donors (Lipinski definition) is 0. The van der Waals surface area contributed by atoms with Crippen molar-refractivity contribution >= 4 is 27.0 Å². The first-order valence-electron chi connectivity index (χ1n) is 3.59. The summed E-state index contributed by atoms with van der Waals surface area (Å²) >= 11 is 0.983. The molecular weight excluding hydrogens is 235 g/mol. The van der Waals surface area contributed by atoms with E-state index in [-0.39, 0.29) is 41.1 Å². The Bertz CT molecular complexity index is 297.